The molecule has 1 unspecified atom stereocenters. The quantitative estimate of drug-likeness (QED) is 0.883. The number of nitrogens with one attached hydrogen (secondary N) is 1. The Morgan fingerprint density at radius 2 is 2.17 bits per heavy atom. The van der Waals surface area contributed by atoms with Gasteiger partial charge in [-0.05, 0) is 43.9 Å². The third kappa shape index (κ3) is 3.02. The summed E-state index contributed by atoms with van der Waals surface area (Å²) in [6.45, 7) is 8.28. The first-order valence-electron chi connectivity index (χ1n) is 6.85. The van der Waals surface area contributed by atoms with Crippen molar-refractivity contribution in [2.75, 3.05) is 31.1 Å². The Bertz CT molecular complexity index is 386. The lowest BCUT2D eigenvalue weighted by atomic mass is 9.82. The predicted molar refractivity (Wildman–Crippen MR) is 74.5 cm³/mol. The maximum Gasteiger partial charge on any atom is 0.146 e. The molecule has 0 aromatic heterocycles. The Morgan fingerprint density at radius 3 is 2.78 bits per heavy atom. The smallest absolute Gasteiger partial charge is 0.146 e. The van der Waals surface area contributed by atoms with E-state index < -0.39 is 0 Å². The summed E-state index contributed by atoms with van der Waals surface area (Å²) >= 11 is 0. The van der Waals surface area contributed by atoms with Crippen LogP contribution in [0.5, 0.6) is 0 Å². The summed E-state index contributed by atoms with van der Waals surface area (Å²) < 4.78 is 13.8. The van der Waals surface area contributed by atoms with E-state index in [1.165, 1.54) is 12.8 Å². The molecule has 2 nitrogen and oxygen atoms in total. The number of anilines is 1. The van der Waals surface area contributed by atoms with Crippen LogP contribution in [0.15, 0.2) is 24.3 Å². The first kappa shape index (κ1) is 13.3. The van der Waals surface area contributed by atoms with Crippen molar-refractivity contribution in [2.24, 2.45) is 5.41 Å². The van der Waals surface area contributed by atoms with E-state index >= 15 is 0 Å². The first-order valence-corrected chi connectivity index (χ1v) is 6.85. The van der Waals surface area contributed by atoms with Crippen LogP contribution in [0, 0.1) is 11.2 Å². The number of para-hydroxylation sites is 1. The maximum absolute atomic E-state index is 13.8. The Morgan fingerprint density at radius 1 is 1.39 bits per heavy atom. The highest BCUT2D eigenvalue weighted by Gasteiger charge is 2.29. The molecule has 1 saturated heterocycles. The second kappa shape index (κ2) is 5.70. The summed E-state index contributed by atoms with van der Waals surface area (Å²) in [6, 6.07) is 7.07. The van der Waals surface area contributed by atoms with Crippen LogP contribution in [0.25, 0.3) is 0 Å². The Kier molecular flexibility index (Phi) is 4.23. The van der Waals surface area contributed by atoms with E-state index in [0.29, 0.717) is 0 Å². The summed E-state index contributed by atoms with van der Waals surface area (Å²) in [7, 11) is 0. The number of hydrogen-bond donors (Lipinski definition) is 1. The molecule has 1 aliphatic rings. The van der Waals surface area contributed by atoms with Gasteiger partial charge in [0.1, 0.15) is 5.82 Å². The molecule has 1 atom stereocenters. The van der Waals surface area contributed by atoms with Crippen LogP contribution in [-0.4, -0.2) is 26.2 Å². The molecule has 3 heteroatoms. The minimum absolute atomic E-state index is 0.119. The molecular weight excluding hydrogens is 227 g/mol. The number of hydrogen-bond acceptors (Lipinski definition) is 2. The van der Waals surface area contributed by atoms with Gasteiger partial charge >= 0.3 is 0 Å². The average Bonchev–Trinajstić information content (AvgIpc) is 2.38. The lowest BCUT2D eigenvalue weighted by Crippen LogP contribution is -2.46. The zero-order valence-corrected chi connectivity index (χ0v) is 11.4. The van der Waals surface area contributed by atoms with Crippen molar-refractivity contribution in [3.05, 3.63) is 30.1 Å². The van der Waals surface area contributed by atoms with Crippen molar-refractivity contribution >= 4 is 5.69 Å². The van der Waals surface area contributed by atoms with Crippen molar-refractivity contribution in [2.45, 2.75) is 26.7 Å². The molecule has 0 saturated carbocycles. The highest BCUT2D eigenvalue weighted by molar-refractivity contribution is 5.47. The molecule has 1 aliphatic heterocycles. The second-order valence-corrected chi connectivity index (χ2v) is 5.56. The minimum atomic E-state index is -0.119. The lowest BCUT2D eigenvalue weighted by molar-refractivity contribution is 0.240. The largest absolute Gasteiger partial charge is 0.369 e. The highest BCUT2D eigenvalue weighted by atomic mass is 19.1. The van der Waals surface area contributed by atoms with Gasteiger partial charge in [-0.3, -0.25) is 0 Å². The molecular formula is C15H23FN2. The van der Waals surface area contributed by atoms with Crippen LogP contribution in [0.1, 0.15) is 26.7 Å². The van der Waals surface area contributed by atoms with Crippen LogP contribution in [-0.2, 0) is 0 Å². The van der Waals surface area contributed by atoms with Crippen molar-refractivity contribution in [1.29, 1.82) is 0 Å². The third-order valence-corrected chi connectivity index (χ3v) is 3.83. The van der Waals surface area contributed by atoms with Crippen LogP contribution < -0.4 is 10.2 Å². The van der Waals surface area contributed by atoms with Crippen molar-refractivity contribution < 1.29 is 4.39 Å². The van der Waals surface area contributed by atoms with Gasteiger partial charge in [-0.25, -0.2) is 4.39 Å². The standard InChI is InChI=1S/C15H23FN2/c1-3-18(14-8-5-4-7-13(14)16)12-15(2)9-6-10-17-11-15/h4-5,7-8,17H,3,6,9-12H2,1-2H3. The lowest BCUT2D eigenvalue weighted by Gasteiger charge is -2.39. The first-order chi connectivity index (χ1) is 8.64. The third-order valence-electron chi connectivity index (χ3n) is 3.83. The molecule has 1 aromatic rings. The van der Waals surface area contributed by atoms with E-state index in [-0.39, 0.29) is 11.2 Å². The molecule has 18 heavy (non-hydrogen) atoms. The fourth-order valence-electron chi connectivity index (χ4n) is 2.79. The normalized spacial score (nSPS) is 23.9. The van der Waals surface area contributed by atoms with E-state index in [2.05, 4.69) is 24.1 Å². The summed E-state index contributed by atoms with van der Waals surface area (Å²) in [5, 5.41) is 3.45. The minimum Gasteiger partial charge on any atom is -0.369 e. The van der Waals surface area contributed by atoms with Gasteiger partial charge in [0.05, 0.1) is 5.69 Å². The molecule has 2 rings (SSSR count). The summed E-state index contributed by atoms with van der Waals surface area (Å²) in [4.78, 5) is 2.16. The average molecular weight is 250 g/mol. The molecule has 100 valence electrons. The Hall–Kier alpha value is -1.09. The van der Waals surface area contributed by atoms with E-state index in [9.17, 15) is 4.39 Å². The monoisotopic (exact) mass is 250 g/mol. The zero-order chi connectivity index (χ0) is 13.0. The van der Waals surface area contributed by atoms with E-state index in [1.54, 1.807) is 12.1 Å². The maximum atomic E-state index is 13.8. The van der Waals surface area contributed by atoms with Crippen molar-refractivity contribution in [3.8, 4) is 0 Å². The number of halogens is 1. The number of rotatable bonds is 4. The fraction of sp³-hybridized carbons (Fsp3) is 0.600. The van der Waals surface area contributed by atoms with Crippen LogP contribution in [0.2, 0.25) is 0 Å². The van der Waals surface area contributed by atoms with Gasteiger partial charge in [-0.2, -0.15) is 0 Å². The zero-order valence-electron chi connectivity index (χ0n) is 11.4. The van der Waals surface area contributed by atoms with Gasteiger partial charge in [0.25, 0.3) is 0 Å². The molecule has 0 radical (unpaired) electrons. The summed E-state index contributed by atoms with van der Waals surface area (Å²) in [5.74, 6) is -0.119. The van der Waals surface area contributed by atoms with Crippen molar-refractivity contribution in [1.82, 2.24) is 5.32 Å². The number of benzene rings is 1. The second-order valence-electron chi connectivity index (χ2n) is 5.56. The van der Waals surface area contributed by atoms with Crippen LogP contribution >= 0.6 is 0 Å². The SMILES string of the molecule is CCN(CC1(C)CCCNC1)c1ccccc1F. The number of nitrogens with zero attached hydrogens (tertiary/aromatic N) is 1. The molecule has 0 spiro atoms. The molecule has 1 N–H and O–H groups in total. The van der Waals surface area contributed by atoms with Gasteiger partial charge in [0.15, 0.2) is 0 Å². The van der Waals surface area contributed by atoms with E-state index in [4.69, 9.17) is 0 Å². The van der Waals surface area contributed by atoms with Gasteiger partial charge in [-0.1, -0.05) is 19.1 Å². The van der Waals surface area contributed by atoms with Gasteiger partial charge in [0, 0.05) is 19.6 Å². The molecule has 0 amide bonds. The van der Waals surface area contributed by atoms with Crippen molar-refractivity contribution in [3.63, 3.8) is 0 Å². The Balaban J connectivity index is 2.12. The van der Waals surface area contributed by atoms with E-state index in [1.807, 2.05) is 12.1 Å². The highest BCUT2D eigenvalue weighted by Crippen LogP contribution is 2.29. The van der Waals surface area contributed by atoms with Crippen LogP contribution in [0.4, 0.5) is 10.1 Å². The van der Waals surface area contributed by atoms with E-state index in [0.717, 1.165) is 31.9 Å². The molecule has 1 heterocycles. The molecule has 0 bridgehead atoms. The van der Waals surface area contributed by atoms with Gasteiger partial charge in [-0.15, -0.1) is 0 Å². The molecule has 1 aromatic carbocycles. The topological polar surface area (TPSA) is 15.3 Å². The Labute approximate surface area is 109 Å². The fourth-order valence-corrected chi connectivity index (χ4v) is 2.79. The van der Waals surface area contributed by atoms with Gasteiger partial charge < -0.3 is 10.2 Å². The van der Waals surface area contributed by atoms with Crippen LogP contribution in [0.3, 0.4) is 0 Å². The van der Waals surface area contributed by atoms with Gasteiger partial charge in [0.2, 0.25) is 0 Å². The molecule has 0 aliphatic carbocycles. The predicted octanol–water partition coefficient (Wildman–Crippen LogP) is 3.04. The summed E-state index contributed by atoms with van der Waals surface area (Å²) in [5.41, 5.74) is 0.975. The summed E-state index contributed by atoms with van der Waals surface area (Å²) in [6.07, 6.45) is 2.43. The molecule has 1 fully saturated rings. The number of piperidine rings is 1.